The first kappa shape index (κ1) is 23.9. The lowest BCUT2D eigenvalue weighted by molar-refractivity contribution is 0.0989. The van der Waals surface area contributed by atoms with Gasteiger partial charge < -0.3 is 15.1 Å². The van der Waals surface area contributed by atoms with Gasteiger partial charge in [-0.05, 0) is 65.1 Å². The molecule has 0 aliphatic carbocycles. The number of ketones is 1. The fourth-order valence-electron chi connectivity index (χ4n) is 3.64. The number of hydrogen-bond donors (Lipinski definition) is 1. The predicted octanol–water partition coefficient (Wildman–Crippen LogP) is 5.24. The number of Topliss-reactive ketones (excluding diaryl/α,β-unsaturated/α-hetero) is 1. The Kier molecular flexibility index (Phi) is 7.23. The molecule has 0 bridgehead atoms. The van der Waals surface area contributed by atoms with Crippen molar-refractivity contribution >= 4 is 41.4 Å². The van der Waals surface area contributed by atoms with Gasteiger partial charge in [0.1, 0.15) is 10.3 Å². The summed E-state index contributed by atoms with van der Waals surface area (Å²) >= 11 is 3.32. The second-order valence-electron chi connectivity index (χ2n) is 9.76. The van der Waals surface area contributed by atoms with E-state index >= 15 is 0 Å². The number of anilines is 2. The summed E-state index contributed by atoms with van der Waals surface area (Å²) < 4.78 is 7.29. The van der Waals surface area contributed by atoms with E-state index in [1.54, 1.807) is 24.5 Å². The summed E-state index contributed by atoms with van der Waals surface area (Å²) in [7, 11) is -1.84. The minimum absolute atomic E-state index is 0.112. The average Bonchev–Trinajstić information content (AvgIpc) is 2.69. The van der Waals surface area contributed by atoms with Gasteiger partial charge in [0.05, 0.1) is 11.8 Å². The monoisotopic (exact) mass is 504 g/mol. The molecule has 0 spiro atoms. The number of piperidine rings is 1. The summed E-state index contributed by atoms with van der Waals surface area (Å²) in [6, 6.07) is 5.43. The highest BCUT2D eigenvalue weighted by Gasteiger charge is 2.40. The Morgan fingerprint density at radius 2 is 2.06 bits per heavy atom. The Bertz CT molecular complexity index is 945. The lowest BCUT2D eigenvalue weighted by Gasteiger charge is -2.43. The van der Waals surface area contributed by atoms with E-state index in [0.29, 0.717) is 16.0 Å². The van der Waals surface area contributed by atoms with Gasteiger partial charge in [0.25, 0.3) is 0 Å². The molecule has 3 rings (SSSR count). The van der Waals surface area contributed by atoms with Crippen LogP contribution in [0.2, 0.25) is 18.1 Å². The van der Waals surface area contributed by atoms with Crippen molar-refractivity contribution in [1.82, 2.24) is 9.97 Å². The number of nitrogens with two attached hydrogens (primary N) is 1. The molecule has 31 heavy (non-hydrogen) atoms. The Morgan fingerprint density at radius 3 is 2.77 bits per heavy atom. The van der Waals surface area contributed by atoms with E-state index in [0.717, 1.165) is 37.2 Å². The molecule has 2 aromatic rings. The number of nitrogens with zero attached hydrogens (tertiary/aromatic N) is 3. The van der Waals surface area contributed by atoms with E-state index < -0.39 is 8.32 Å². The molecule has 2 aromatic heterocycles. The number of pyridine rings is 2. The normalized spacial score (nSPS) is 17.6. The van der Waals surface area contributed by atoms with Crippen LogP contribution >= 0.6 is 15.9 Å². The van der Waals surface area contributed by atoms with Gasteiger partial charge in [-0.1, -0.05) is 20.8 Å². The standard InChI is InChI=1S/C23H33BrN4O2Si/c1-23(2,3)31(4,5)30-17-7-6-12-28(15-17)19-10-11-26-14-16(19)13-20(29)22-18(25)8-9-21(24)27-22/h8-11,14,17H,6-7,12-13,15,25H2,1-5H3. The van der Waals surface area contributed by atoms with E-state index in [1.807, 2.05) is 6.07 Å². The summed E-state index contributed by atoms with van der Waals surface area (Å²) in [5, 5.41) is 0.181. The lowest BCUT2D eigenvalue weighted by atomic mass is 10.0. The summed E-state index contributed by atoms with van der Waals surface area (Å²) in [6.07, 6.45) is 6.11. The van der Waals surface area contributed by atoms with Gasteiger partial charge >= 0.3 is 0 Å². The van der Waals surface area contributed by atoms with Crippen molar-refractivity contribution in [2.45, 2.75) is 64.3 Å². The zero-order valence-electron chi connectivity index (χ0n) is 19.1. The third-order valence-corrected chi connectivity index (χ3v) is 11.3. The van der Waals surface area contributed by atoms with Crippen LogP contribution in [0.15, 0.2) is 35.2 Å². The molecule has 2 N–H and O–H groups in total. The van der Waals surface area contributed by atoms with Crippen molar-refractivity contribution in [2.24, 2.45) is 0 Å². The van der Waals surface area contributed by atoms with Crippen molar-refractivity contribution in [1.29, 1.82) is 0 Å². The maximum absolute atomic E-state index is 13.0. The first-order valence-electron chi connectivity index (χ1n) is 10.8. The smallest absolute Gasteiger partial charge is 0.192 e. The molecule has 168 valence electrons. The summed E-state index contributed by atoms with van der Waals surface area (Å²) in [5.41, 5.74) is 8.61. The fraction of sp³-hybridized carbons (Fsp3) is 0.522. The van der Waals surface area contributed by atoms with Gasteiger partial charge in [-0.2, -0.15) is 0 Å². The van der Waals surface area contributed by atoms with Crippen LogP contribution < -0.4 is 10.6 Å². The van der Waals surface area contributed by atoms with E-state index in [-0.39, 0.29) is 23.3 Å². The molecule has 1 unspecified atom stereocenters. The van der Waals surface area contributed by atoms with E-state index in [2.05, 4.69) is 64.7 Å². The SMILES string of the molecule is CC(C)(C)[Si](C)(C)OC1CCCN(c2ccncc2CC(=O)c2nc(Br)ccc2N)C1. The molecule has 0 saturated carbocycles. The molecule has 3 heterocycles. The van der Waals surface area contributed by atoms with Crippen molar-refractivity contribution in [3.63, 3.8) is 0 Å². The molecule has 1 aliphatic rings. The molecule has 8 heteroatoms. The first-order chi connectivity index (χ1) is 14.5. The Morgan fingerprint density at radius 1 is 1.32 bits per heavy atom. The molecule has 0 radical (unpaired) electrons. The Labute approximate surface area is 194 Å². The largest absolute Gasteiger partial charge is 0.412 e. The van der Waals surface area contributed by atoms with Gasteiger partial charge in [0, 0.05) is 43.2 Å². The van der Waals surface area contributed by atoms with Crippen molar-refractivity contribution in [3.05, 3.63) is 46.5 Å². The molecular weight excluding hydrogens is 472 g/mol. The highest BCUT2D eigenvalue weighted by molar-refractivity contribution is 9.10. The van der Waals surface area contributed by atoms with Gasteiger partial charge in [-0.15, -0.1) is 0 Å². The number of hydrogen-bond acceptors (Lipinski definition) is 6. The van der Waals surface area contributed by atoms with Crippen LogP contribution in [0.3, 0.4) is 0 Å². The van der Waals surface area contributed by atoms with E-state index in [4.69, 9.17) is 10.2 Å². The summed E-state index contributed by atoms with van der Waals surface area (Å²) in [5.74, 6) is -0.112. The number of carbonyl (C=O) groups is 1. The van der Waals surface area contributed by atoms with Crippen LogP contribution in [0.5, 0.6) is 0 Å². The van der Waals surface area contributed by atoms with Crippen molar-refractivity contribution in [2.75, 3.05) is 23.7 Å². The van der Waals surface area contributed by atoms with E-state index in [1.165, 1.54) is 0 Å². The molecule has 1 fully saturated rings. The molecule has 6 nitrogen and oxygen atoms in total. The number of nitrogen functional groups attached to an aromatic ring is 1. The van der Waals surface area contributed by atoms with Crippen molar-refractivity contribution in [3.8, 4) is 0 Å². The van der Waals surface area contributed by atoms with Crippen LogP contribution in [0, 0.1) is 0 Å². The van der Waals surface area contributed by atoms with Crippen LogP contribution in [0.4, 0.5) is 11.4 Å². The van der Waals surface area contributed by atoms with Gasteiger partial charge in [-0.3, -0.25) is 9.78 Å². The second kappa shape index (κ2) is 9.38. The van der Waals surface area contributed by atoms with E-state index in [9.17, 15) is 4.79 Å². The molecule has 0 aromatic carbocycles. The summed E-state index contributed by atoms with van der Waals surface area (Å²) in [6.45, 7) is 13.2. The topological polar surface area (TPSA) is 81.3 Å². The maximum atomic E-state index is 13.0. The molecule has 0 amide bonds. The zero-order valence-corrected chi connectivity index (χ0v) is 21.7. The van der Waals surface area contributed by atoms with Gasteiger partial charge in [0.15, 0.2) is 14.1 Å². The number of carbonyl (C=O) groups excluding carboxylic acids is 1. The minimum atomic E-state index is -1.84. The highest BCUT2D eigenvalue weighted by atomic mass is 79.9. The number of aromatic nitrogens is 2. The zero-order chi connectivity index (χ0) is 22.8. The van der Waals surface area contributed by atoms with Gasteiger partial charge in [-0.25, -0.2) is 4.98 Å². The quantitative estimate of drug-likeness (QED) is 0.329. The highest BCUT2D eigenvalue weighted by Crippen LogP contribution is 2.38. The lowest BCUT2D eigenvalue weighted by Crippen LogP contribution is -2.49. The minimum Gasteiger partial charge on any atom is -0.412 e. The molecule has 1 atom stereocenters. The molecule has 1 saturated heterocycles. The molecule has 1 aliphatic heterocycles. The number of rotatable bonds is 6. The number of halogens is 1. The first-order valence-corrected chi connectivity index (χ1v) is 14.5. The van der Waals surface area contributed by atoms with Crippen molar-refractivity contribution < 1.29 is 9.22 Å². The molecular formula is C23H33BrN4O2Si. The van der Waals surface area contributed by atoms with Crippen LogP contribution in [-0.4, -0.2) is 43.3 Å². The van der Waals surface area contributed by atoms with Crippen LogP contribution in [0.1, 0.15) is 49.7 Å². The second-order valence-corrected chi connectivity index (χ2v) is 15.3. The summed E-state index contributed by atoms with van der Waals surface area (Å²) in [4.78, 5) is 23.8. The fourth-order valence-corrected chi connectivity index (χ4v) is 5.33. The maximum Gasteiger partial charge on any atom is 0.192 e. The Hall–Kier alpha value is -1.77. The third-order valence-electron chi connectivity index (χ3n) is 6.37. The third kappa shape index (κ3) is 5.73. The Balaban J connectivity index is 1.78. The van der Waals surface area contributed by atoms with Crippen LogP contribution in [-0.2, 0) is 10.8 Å². The average molecular weight is 506 g/mol. The van der Waals surface area contributed by atoms with Gasteiger partial charge in [0.2, 0.25) is 0 Å². The predicted molar refractivity (Wildman–Crippen MR) is 132 cm³/mol. The van der Waals surface area contributed by atoms with Crippen LogP contribution in [0.25, 0.3) is 0 Å².